The van der Waals surface area contributed by atoms with Crippen LogP contribution in [0.3, 0.4) is 0 Å². The molecule has 1 saturated heterocycles. The number of nitrogens with one attached hydrogen (secondary N) is 1. The van der Waals surface area contributed by atoms with Crippen LogP contribution in [0.1, 0.15) is 25.1 Å². The molecular weight excluding hydrogens is 315 g/mol. The predicted octanol–water partition coefficient (Wildman–Crippen LogP) is 1.77. The minimum absolute atomic E-state index is 0.109. The summed E-state index contributed by atoms with van der Waals surface area (Å²) in [6, 6.07) is 10.8. The summed E-state index contributed by atoms with van der Waals surface area (Å²) >= 11 is 0. The fraction of sp³-hybridized carbons (Fsp3) is 0.412. The topological polar surface area (TPSA) is 73.3 Å². The summed E-state index contributed by atoms with van der Waals surface area (Å²) in [6.45, 7) is 2.02. The quantitative estimate of drug-likeness (QED) is 0.904. The summed E-state index contributed by atoms with van der Waals surface area (Å²) in [7, 11) is 0. The van der Waals surface area contributed by atoms with E-state index in [1.165, 1.54) is 19.2 Å². The SMILES string of the molecule is C[C@]1(F)C[C@@H](COCc2ccccc2)OC1n1ccc(=O)[nH]c1=O. The third kappa shape index (κ3) is 3.63. The Morgan fingerprint density at radius 2 is 2.08 bits per heavy atom. The number of alkyl halides is 1. The lowest BCUT2D eigenvalue weighted by Crippen LogP contribution is -2.38. The molecule has 0 amide bonds. The van der Waals surface area contributed by atoms with E-state index in [1.807, 2.05) is 30.3 Å². The third-order valence-corrected chi connectivity index (χ3v) is 3.98. The Morgan fingerprint density at radius 1 is 1.33 bits per heavy atom. The molecule has 7 heteroatoms. The van der Waals surface area contributed by atoms with Crippen molar-refractivity contribution in [3.05, 3.63) is 69.0 Å². The van der Waals surface area contributed by atoms with Crippen molar-refractivity contribution in [3.63, 3.8) is 0 Å². The molecule has 128 valence electrons. The molecule has 1 aliphatic heterocycles. The van der Waals surface area contributed by atoms with Gasteiger partial charge in [-0.3, -0.25) is 14.3 Å². The van der Waals surface area contributed by atoms with Gasteiger partial charge in [0.05, 0.1) is 19.3 Å². The molecule has 1 aromatic carbocycles. The number of hydrogen-bond acceptors (Lipinski definition) is 4. The van der Waals surface area contributed by atoms with Crippen molar-refractivity contribution >= 4 is 0 Å². The predicted molar refractivity (Wildman–Crippen MR) is 85.5 cm³/mol. The molecule has 3 atom stereocenters. The highest BCUT2D eigenvalue weighted by Gasteiger charge is 2.47. The van der Waals surface area contributed by atoms with Crippen molar-refractivity contribution < 1.29 is 13.9 Å². The lowest BCUT2D eigenvalue weighted by molar-refractivity contribution is -0.0723. The van der Waals surface area contributed by atoms with Gasteiger partial charge in [-0.2, -0.15) is 0 Å². The standard InChI is InChI=1S/C17H19FN2O4/c1-17(18)9-13(11-23-10-12-5-3-2-4-6-12)24-15(17)20-8-7-14(21)19-16(20)22/h2-8,13,15H,9-11H2,1H3,(H,19,21,22)/t13-,15?,17-/m0/s1. The zero-order valence-corrected chi connectivity index (χ0v) is 13.3. The lowest BCUT2D eigenvalue weighted by Gasteiger charge is -2.22. The van der Waals surface area contributed by atoms with Gasteiger partial charge >= 0.3 is 5.69 Å². The Morgan fingerprint density at radius 3 is 2.79 bits per heavy atom. The molecular formula is C17H19FN2O4. The van der Waals surface area contributed by atoms with Crippen molar-refractivity contribution in [1.82, 2.24) is 9.55 Å². The van der Waals surface area contributed by atoms with Crippen LogP contribution in [0.5, 0.6) is 0 Å². The van der Waals surface area contributed by atoms with Gasteiger partial charge in [0.15, 0.2) is 11.9 Å². The molecule has 0 radical (unpaired) electrons. The molecule has 1 aromatic heterocycles. The van der Waals surface area contributed by atoms with Gasteiger partial charge in [0.1, 0.15) is 0 Å². The second-order valence-electron chi connectivity index (χ2n) is 6.11. The van der Waals surface area contributed by atoms with E-state index in [0.29, 0.717) is 6.61 Å². The van der Waals surface area contributed by atoms with Crippen LogP contribution in [0, 0.1) is 0 Å². The normalized spacial score (nSPS) is 26.6. The molecule has 0 bridgehead atoms. The zero-order chi connectivity index (χ0) is 17.2. The number of halogens is 1. The first kappa shape index (κ1) is 16.6. The van der Waals surface area contributed by atoms with Gasteiger partial charge < -0.3 is 9.47 Å². The molecule has 1 unspecified atom stereocenters. The maximum atomic E-state index is 14.8. The van der Waals surface area contributed by atoms with Gasteiger partial charge in [0.25, 0.3) is 5.56 Å². The van der Waals surface area contributed by atoms with Gasteiger partial charge in [0.2, 0.25) is 0 Å². The van der Waals surface area contributed by atoms with Gasteiger partial charge in [-0.05, 0) is 12.5 Å². The van der Waals surface area contributed by atoms with Crippen LogP contribution in [0.25, 0.3) is 0 Å². The van der Waals surface area contributed by atoms with Crippen LogP contribution < -0.4 is 11.2 Å². The Labute approximate surface area is 137 Å². The molecule has 0 saturated carbocycles. The molecule has 2 heterocycles. The fourth-order valence-electron chi connectivity index (χ4n) is 2.87. The first-order valence-electron chi connectivity index (χ1n) is 7.73. The second-order valence-corrected chi connectivity index (χ2v) is 6.11. The number of aromatic amines is 1. The van der Waals surface area contributed by atoms with Crippen LogP contribution >= 0.6 is 0 Å². The van der Waals surface area contributed by atoms with Crippen molar-refractivity contribution in [2.75, 3.05) is 6.61 Å². The van der Waals surface area contributed by atoms with Gasteiger partial charge in [-0.25, -0.2) is 9.18 Å². The molecule has 1 N–H and O–H groups in total. The van der Waals surface area contributed by atoms with E-state index >= 15 is 0 Å². The van der Waals surface area contributed by atoms with Crippen LogP contribution in [0.2, 0.25) is 0 Å². The summed E-state index contributed by atoms with van der Waals surface area (Å²) in [4.78, 5) is 25.1. The third-order valence-electron chi connectivity index (χ3n) is 3.98. The first-order chi connectivity index (χ1) is 11.5. The Kier molecular flexibility index (Phi) is 4.64. The summed E-state index contributed by atoms with van der Waals surface area (Å²) in [5.74, 6) is 0. The van der Waals surface area contributed by atoms with Gasteiger partial charge in [0, 0.05) is 18.7 Å². The molecule has 6 nitrogen and oxygen atoms in total. The van der Waals surface area contributed by atoms with Crippen LogP contribution in [0.15, 0.2) is 52.2 Å². The van der Waals surface area contributed by atoms with Crippen molar-refractivity contribution in [2.45, 2.75) is 38.0 Å². The minimum atomic E-state index is -1.73. The van der Waals surface area contributed by atoms with E-state index in [1.54, 1.807) is 0 Å². The number of H-pyrrole nitrogens is 1. The second kappa shape index (κ2) is 6.70. The summed E-state index contributed by atoms with van der Waals surface area (Å²) in [5.41, 5.74) is -1.94. The molecule has 1 fully saturated rings. The minimum Gasteiger partial charge on any atom is -0.374 e. The number of ether oxygens (including phenoxy) is 2. The average molecular weight is 334 g/mol. The highest BCUT2D eigenvalue weighted by atomic mass is 19.1. The van der Waals surface area contributed by atoms with Crippen LogP contribution in [-0.4, -0.2) is 27.9 Å². The van der Waals surface area contributed by atoms with Crippen LogP contribution in [0.4, 0.5) is 4.39 Å². The number of hydrogen-bond donors (Lipinski definition) is 1. The Balaban J connectivity index is 1.64. The Hall–Kier alpha value is -2.25. The number of aromatic nitrogens is 2. The van der Waals surface area contributed by atoms with Crippen molar-refractivity contribution in [2.24, 2.45) is 0 Å². The molecule has 2 aromatic rings. The highest BCUT2D eigenvalue weighted by Crippen LogP contribution is 2.40. The average Bonchev–Trinajstić information content (AvgIpc) is 2.83. The number of rotatable bonds is 5. The summed E-state index contributed by atoms with van der Waals surface area (Å²) in [6.07, 6.45) is -0.200. The van der Waals surface area contributed by atoms with Crippen LogP contribution in [-0.2, 0) is 16.1 Å². The molecule has 1 aliphatic rings. The van der Waals surface area contributed by atoms with Crippen molar-refractivity contribution in [3.8, 4) is 0 Å². The van der Waals surface area contributed by atoms with E-state index in [9.17, 15) is 14.0 Å². The highest BCUT2D eigenvalue weighted by molar-refractivity contribution is 5.13. The zero-order valence-electron chi connectivity index (χ0n) is 13.3. The van der Waals surface area contributed by atoms with E-state index in [2.05, 4.69) is 4.98 Å². The first-order valence-corrected chi connectivity index (χ1v) is 7.73. The van der Waals surface area contributed by atoms with E-state index in [0.717, 1.165) is 10.1 Å². The molecule has 0 spiro atoms. The maximum Gasteiger partial charge on any atom is 0.330 e. The fourth-order valence-corrected chi connectivity index (χ4v) is 2.87. The van der Waals surface area contributed by atoms with Crippen molar-refractivity contribution in [1.29, 1.82) is 0 Å². The van der Waals surface area contributed by atoms with E-state index < -0.39 is 29.2 Å². The van der Waals surface area contributed by atoms with Gasteiger partial charge in [-0.1, -0.05) is 30.3 Å². The largest absolute Gasteiger partial charge is 0.374 e. The summed E-state index contributed by atoms with van der Waals surface area (Å²) < 4.78 is 27.1. The smallest absolute Gasteiger partial charge is 0.330 e. The summed E-state index contributed by atoms with van der Waals surface area (Å²) in [5, 5.41) is 0. The molecule has 0 aliphatic carbocycles. The van der Waals surface area contributed by atoms with Gasteiger partial charge in [-0.15, -0.1) is 0 Å². The molecule has 3 rings (SSSR count). The Bertz CT molecular complexity index is 800. The lowest BCUT2D eigenvalue weighted by atomic mass is 10.0. The maximum absolute atomic E-state index is 14.8. The number of nitrogens with zero attached hydrogens (tertiary/aromatic N) is 1. The molecule has 24 heavy (non-hydrogen) atoms. The van der Waals surface area contributed by atoms with E-state index in [4.69, 9.17) is 9.47 Å². The number of benzene rings is 1. The monoisotopic (exact) mass is 334 g/mol. The van der Waals surface area contributed by atoms with E-state index in [-0.39, 0.29) is 13.0 Å².